The van der Waals surface area contributed by atoms with Gasteiger partial charge in [0.25, 0.3) is 0 Å². The molecular weight excluding hydrogens is 540 g/mol. The molecule has 0 aromatic heterocycles. The number of amides is 3. The zero-order valence-electron chi connectivity index (χ0n) is 25.4. The molecule has 0 aromatic carbocycles. The summed E-state index contributed by atoms with van der Waals surface area (Å²) in [5.74, 6) is -0.330. The molecule has 4 saturated heterocycles. The van der Waals surface area contributed by atoms with Crippen LogP contribution in [0.25, 0.3) is 0 Å². The Morgan fingerprint density at radius 1 is 1.17 bits per heavy atom. The Morgan fingerprint density at radius 3 is 2.60 bits per heavy atom. The Labute approximate surface area is 249 Å². The summed E-state index contributed by atoms with van der Waals surface area (Å²) in [6.45, 7) is 11.4. The number of nitrogens with two attached hydrogens (primary N) is 1. The first-order chi connectivity index (χ1) is 20.0. The summed E-state index contributed by atoms with van der Waals surface area (Å²) >= 11 is 0. The summed E-state index contributed by atoms with van der Waals surface area (Å²) in [4.78, 5) is 37.9. The maximum absolute atomic E-state index is 12.6. The average Bonchev–Trinajstić information content (AvgIpc) is 3.69. The predicted molar refractivity (Wildman–Crippen MR) is 157 cm³/mol. The molecule has 4 aliphatic heterocycles. The van der Waals surface area contributed by atoms with Crippen LogP contribution in [0.1, 0.15) is 59.8 Å². The smallest absolute Gasteiger partial charge is 0.410 e. The molecule has 11 nitrogen and oxygen atoms in total. The summed E-state index contributed by atoms with van der Waals surface area (Å²) in [5.41, 5.74) is 6.33. The lowest BCUT2D eigenvalue weighted by Gasteiger charge is -2.39. The van der Waals surface area contributed by atoms with Gasteiger partial charge in [-0.2, -0.15) is 0 Å². The highest BCUT2D eigenvalue weighted by molar-refractivity contribution is 5.87. The lowest BCUT2D eigenvalue weighted by Crippen LogP contribution is -2.50. The lowest BCUT2D eigenvalue weighted by atomic mass is 9.88. The molecule has 42 heavy (non-hydrogen) atoms. The lowest BCUT2D eigenvalue weighted by molar-refractivity contribution is -0.125. The summed E-state index contributed by atoms with van der Waals surface area (Å²) in [5, 5.41) is 6.25. The van der Waals surface area contributed by atoms with E-state index in [9.17, 15) is 14.4 Å². The standard InChI is InChI=1S/C31H48N4O7/c1-20(5-8-24-17-31(19-39-31)18-25(42-24)16-28(32)36)6-9-27-21(2)15-26(23(4)41-27)34-29(37)10-7-22(3)40-30(38)35-13-11-33-12-14-35/h5-8,10,21-27,33H,9,11-19H2,1-4H3,(H2,32,36)(H,34,37)/b8-5+,10-7-,20-6+/t21-,22?,23+,24?,25+,26?,27-,31?/m0/s1. The zero-order chi connectivity index (χ0) is 30.3. The van der Waals surface area contributed by atoms with Crippen molar-refractivity contribution in [2.75, 3.05) is 32.8 Å². The normalized spacial score (nSPS) is 34.5. The molecule has 11 heteroatoms. The number of rotatable bonds is 10. The SMILES string of the molecule is CC(/C=C/C1CC2(CO2)C[C@@H](CC(N)=O)O1)=C\C[C@@H]1O[C@H](C)C(NC(=O)/C=C\C(C)OC(=O)N2CCNCC2)C[C@@H]1C. The van der Waals surface area contributed by atoms with Crippen LogP contribution in [0, 0.1) is 5.92 Å². The van der Waals surface area contributed by atoms with Crippen molar-refractivity contribution in [3.8, 4) is 0 Å². The molecule has 4 unspecified atom stereocenters. The van der Waals surface area contributed by atoms with Crippen LogP contribution in [-0.2, 0) is 28.5 Å². The summed E-state index contributed by atoms with van der Waals surface area (Å²) in [7, 11) is 0. The van der Waals surface area contributed by atoms with E-state index in [1.807, 2.05) is 13.0 Å². The van der Waals surface area contributed by atoms with E-state index in [2.05, 4.69) is 36.6 Å². The van der Waals surface area contributed by atoms with Gasteiger partial charge in [0.2, 0.25) is 11.8 Å². The molecule has 0 radical (unpaired) electrons. The van der Waals surface area contributed by atoms with E-state index in [-0.39, 0.29) is 66.3 Å². The number of epoxide rings is 1. The zero-order valence-corrected chi connectivity index (χ0v) is 25.4. The third kappa shape index (κ3) is 9.65. The molecule has 3 amide bonds. The first-order valence-electron chi connectivity index (χ1n) is 15.2. The second kappa shape index (κ2) is 14.6. The van der Waals surface area contributed by atoms with Gasteiger partial charge in [-0.3, -0.25) is 9.59 Å². The van der Waals surface area contributed by atoms with Gasteiger partial charge < -0.3 is 40.2 Å². The van der Waals surface area contributed by atoms with Crippen LogP contribution < -0.4 is 16.4 Å². The van der Waals surface area contributed by atoms with Gasteiger partial charge in [-0.15, -0.1) is 0 Å². The number of hydrogen-bond acceptors (Lipinski definition) is 8. The highest BCUT2D eigenvalue weighted by Crippen LogP contribution is 2.43. The van der Waals surface area contributed by atoms with Crippen LogP contribution in [0.3, 0.4) is 0 Å². The van der Waals surface area contributed by atoms with Gasteiger partial charge in [-0.25, -0.2) is 4.79 Å². The molecule has 0 aliphatic carbocycles. The van der Waals surface area contributed by atoms with Crippen LogP contribution in [0.2, 0.25) is 0 Å². The fourth-order valence-electron chi connectivity index (χ4n) is 5.92. The Balaban J connectivity index is 1.19. The predicted octanol–water partition coefficient (Wildman–Crippen LogP) is 2.36. The van der Waals surface area contributed by atoms with E-state index >= 15 is 0 Å². The van der Waals surface area contributed by atoms with Gasteiger partial charge in [-0.1, -0.05) is 30.7 Å². The van der Waals surface area contributed by atoms with E-state index < -0.39 is 6.10 Å². The molecular formula is C31H48N4O7. The van der Waals surface area contributed by atoms with Crippen molar-refractivity contribution in [2.24, 2.45) is 11.7 Å². The van der Waals surface area contributed by atoms with E-state index in [0.29, 0.717) is 26.1 Å². The van der Waals surface area contributed by atoms with Crippen molar-refractivity contribution in [1.82, 2.24) is 15.5 Å². The maximum atomic E-state index is 12.6. The van der Waals surface area contributed by atoms with Crippen LogP contribution in [0.15, 0.2) is 36.0 Å². The largest absolute Gasteiger partial charge is 0.442 e. The van der Waals surface area contributed by atoms with E-state index in [0.717, 1.165) is 37.9 Å². The van der Waals surface area contributed by atoms with Gasteiger partial charge in [0.1, 0.15) is 6.10 Å². The minimum atomic E-state index is -0.505. The van der Waals surface area contributed by atoms with Gasteiger partial charge in [-0.05, 0) is 45.6 Å². The molecule has 0 bridgehead atoms. The van der Waals surface area contributed by atoms with Crippen molar-refractivity contribution >= 4 is 17.9 Å². The Kier molecular flexibility index (Phi) is 11.2. The van der Waals surface area contributed by atoms with Crippen molar-refractivity contribution < 1.29 is 33.3 Å². The highest BCUT2D eigenvalue weighted by Gasteiger charge is 2.51. The van der Waals surface area contributed by atoms with Crippen molar-refractivity contribution in [2.45, 2.75) is 102 Å². The molecule has 4 N–H and O–H groups in total. The fraction of sp³-hybridized carbons (Fsp3) is 0.710. The monoisotopic (exact) mass is 588 g/mol. The molecule has 0 saturated carbocycles. The summed E-state index contributed by atoms with van der Waals surface area (Å²) in [6.07, 6.45) is 11.3. The van der Waals surface area contributed by atoms with Crippen molar-refractivity contribution in [3.63, 3.8) is 0 Å². The summed E-state index contributed by atoms with van der Waals surface area (Å²) < 4.78 is 23.5. The minimum Gasteiger partial charge on any atom is -0.442 e. The average molecular weight is 589 g/mol. The topological polar surface area (TPSA) is 145 Å². The van der Waals surface area contributed by atoms with E-state index in [1.54, 1.807) is 17.9 Å². The molecule has 8 atom stereocenters. The Morgan fingerprint density at radius 2 is 1.90 bits per heavy atom. The maximum Gasteiger partial charge on any atom is 0.410 e. The van der Waals surface area contributed by atoms with E-state index in [1.165, 1.54) is 6.08 Å². The molecule has 1 spiro atoms. The first kappa shape index (κ1) is 32.2. The highest BCUT2D eigenvalue weighted by atomic mass is 16.6. The molecule has 234 valence electrons. The van der Waals surface area contributed by atoms with Crippen molar-refractivity contribution in [1.29, 1.82) is 0 Å². The second-order valence-corrected chi connectivity index (χ2v) is 12.3. The van der Waals surface area contributed by atoms with E-state index in [4.69, 9.17) is 24.7 Å². The number of nitrogens with zero attached hydrogens (tertiary/aromatic N) is 1. The second-order valence-electron chi connectivity index (χ2n) is 12.3. The van der Waals surface area contributed by atoms with Gasteiger partial charge in [0, 0.05) is 45.1 Å². The number of carbonyl (C=O) groups is 3. The van der Waals surface area contributed by atoms with Gasteiger partial charge >= 0.3 is 6.09 Å². The quantitative estimate of drug-likeness (QED) is 0.200. The number of carbonyl (C=O) groups excluding carboxylic acids is 3. The van der Waals surface area contributed by atoms with Crippen LogP contribution in [-0.4, -0.2) is 97.8 Å². The van der Waals surface area contributed by atoms with Crippen molar-refractivity contribution in [3.05, 3.63) is 36.0 Å². The Bertz CT molecular complexity index is 1050. The number of ether oxygens (including phenoxy) is 4. The fourth-order valence-corrected chi connectivity index (χ4v) is 5.92. The van der Waals surface area contributed by atoms with Gasteiger partial charge in [0.15, 0.2) is 0 Å². The minimum absolute atomic E-state index is 0.0467. The summed E-state index contributed by atoms with van der Waals surface area (Å²) in [6, 6.07) is -0.106. The Hall–Kier alpha value is -2.73. The van der Waals surface area contributed by atoms with Crippen LogP contribution in [0.5, 0.6) is 0 Å². The molecule has 0 aromatic rings. The number of nitrogens with one attached hydrogen (secondary N) is 2. The number of allylic oxidation sites excluding steroid dienone is 2. The molecule has 4 fully saturated rings. The molecule has 4 heterocycles. The number of primary amides is 1. The first-order valence-corrected chi connectivity index (χ1v) is 15.2. The third-order valence-electron chi connectivity index (χ3n) is 8.49. The number of piperazine rings is 1. The molecule has 4 aliphatic rings. The van der Waals surface area contributed by atoms with Gasteiger partial charge in [0.05, 0.1) is 49.1 Å². The van der Waals surface area contributed by atoms with Crippen LogP contribution >= 0.6 is 0 Å². The third-order valence-corrected chi connectivity index (χ3v) is 8.49. The number of hydrogen-bond donors (Lipinski definition) is 3. The van der Waals surface area contributed by atoms with Crippen LogP contribution in [0.4, 0.5) is 4.79 Å². The molecule has 4 rings (SSSR count).